The Bertz CT molecular complexity index is 4980. The molecule has 5 amide bonds. The van der Waals surface area contributed by atoms with Crippen LogP contribution < -0.4 is 48.4 Å². The van der Waals surface area contributed by atoms with Crippen molar-refractivity contribution in [1.82, 2.24) is 50.1 Å². The average molecular weight is 1960 g/mol. The van der Waals surface area contributed by atoms with Gasteiger partial charge in [0, 0.05) is 42.9 Å². The van der Waals surface area contributed by atoms with Crippen molar-refractivity contribution in [1.29, 1.82) is 0 Å². The molecule has 10 heterocycles. The number of likely N-dealkylation sites (tertiary alicyclic amines) is 1. The van der Waals surface area contributed by atoms with Crippen LogP contribution in [-0.2, 0) is 31.2 Å². The standard InChI is InChI=1S/C20H18F3N3O2S.C19H22F3N5O2S.2C13H14F3N3S.C7H5ClO2.C5H10N2O.CH3I.BrH/c1-12-16(13-9-10-24-15(11-13)19(2,3)20(21,22)23)29-17(25-12)26-18(27)28-14-7-5-4-6-8-14;1-10-14(11-6-7-24-13(9-11)18(2,3)19(20,21)22)30-16(25-10)26-17(29)27-8-4-5-12(27)15(23)28;2*1-7-10(20-11(17)19-7)8-4-5-18-9(6-8)12(2,3)13(14,15)16;8-7(9)10-6-4-2-1-3-5-6;6-5(8)4-2-1-3-7-4;1-2;/h4-11H,1-3H3,(H,25,26,27);6-7,9,12H,4-5,8H2,1-3H3,(H2,23,28)(H,25,26,29);2*4-6H,1-3H3,(H2,17,19);1-5H;4,7H,1-3H2,(H2,6,8);1H3;1H/t;12-;;;;4-;;/m.0...0../s1. The van der Waals surface area contributed by atoms with E-state index in [1.54, 1.807) is 107 Å². The highest BCUT2D eigenvalue weighted by Crippen LogP contribution is 2.46. The molecular weight excluding hydrogens is 1870 g/mol. The van der Waals surface area contributed by atoms with Gasteiger partial charge < -0.3 is 42.6 Å². The maximum atomic E-state index is 13.4. The Kier molecular flexibility index (Phi) is 36.3. The van der Waals surface area contributed by atoms with E-state index in [1.807, 2.05) is 11.0 Å². The van der Waals surface area contributed by atoms with Crippen LogP contribution in [0.4, 0.5) is 87.6 Å². The molecule has 0 radical (unpaired) electrons. The lowest BCUT2D eigenvalue weighted by Gasteiger charge is -2.27. The van der Waals surface area contributed by atoms with Gasteiger partial charge in [-0.2, -0.15) is 52.7 Å². The molecule has 8 aromatic heterocycles. The van der Waals surface area contributed by atoms with Gasteiger partial charge >= 0.3 is 42.3 Å². The average Bonchev–Trinajstić information content (AvgIpc) is 1.44. The number of hydrogen-bond acceptors (Lipinski definition) is 22. The van der Waals surface area contributed by atoms with Gasteiger partial charge in [0.25, 0.3) is 0 Å². The fourth-order valence-electron chi connectivity index (χ4n) is 10.7. The first-order chi connectivity index (χ1) is 55.3. The van der Waals surface area contributed by atoms with E-state index in [0.717, 1.165) is 107 Å². The number of anilines is 4. The van der Waals surface area contributed by atoms with E-state index >= 15 is 0 Å². The number of nitrogens with zero attached hydrogens (tertiary/aromatic N) is 9. The number of urea groups is 1. The Morgan fingerprint density at radius 1 is 0.475 bits per heavy atom. The first kappa shape index (κ1) is 101. The van der Waals surface area contributed by atoms with Gasteiger partial charge in [0.05, 0.1) is 71.1 Å². The van der Waals surface area contributed by atoms with E-state index in [1.165, 1.54) is 76.6 Å². The minimum Gasteiger partial charge on any atom is -0.415 e. The highest BCUT2D eigenvalue weighted by molar-refractivity contribution is 14.1. The zero-order chi connectivity index (χ0) is 89.1. The number of aromatic nitrogens is 8. The number of carbonyl (C=O) groups is 5. The zero-order valence-electron chi connectivity index (χ0n) is 66.6. The summed E-state index contributed by atoms with van der Waals surface area (Å²) in [6.45, 7) is 17.1. The van der Waals surface area contributed by atoms with E-state index in [0.29, 0.717) is 95.9 Å². The summed E-state index contributed by atoms with van der Waals surface area (Å²) in [4.78, 5) is 95.0. The Morgan fingerprint density at radius 3 is 1.08 bits per heavy atom. The topological polar surface area (TPSA) is 350 Å². The number of nitrogens with two attached hydrogens (primary N) is 4. The number of benzene rings is 2. The number of alkyl halides is 13. The largest absolute Gasteiger partial charge is 0.418 e. The molecule has 0 aliphatic carbocycles. The number of ether oxygens (including phenoxy) is 2. The summed E-state index contributed by atoms with van der Waals surface area (Å²) < 4.78 is 168. The van der Waals surface area contributed by atoms with Crippen molar-refractivity contribution in [3.63, 3.8) is 0 Å². The number of aryl methyl sites for hydroxylation is 4. The second-order valence-corrected chi connectivity index (χ2v) is 32.6. The summed E-state index contributed by atoms with van der Waals surface area (Å²) in [5.74, 6) is 0.0620. The Labute approximate surface area is 729 Å². The van der Waals surface area contributed by atoms with E-state index in [4.69, 9.17) is 39.3 Å². The molecule has 2 aromatic carbocycles. The summed E-state index contributed by atoms with van der Waals surface area (Å²) in [6, 6.07) is 28.2. The van der Waals surface area contributed by atoms with Gasteiger partial charge in [-0.25, -0.2) is 34.3 Å². The lowest BCUT2D eigenvalue weighted by atomic mass is 9.87. The molecule has 2 aliphatic heterocycles. The SMILES string of the molecule is Br.CI.Cc1nc(N)sc1-c1ccnc(C(C)(C)C(F)(F)F)c1.Cc1nc(N)sc1-c1ccnc(C(C)(C)C(F)(F)F)c1.Cc1nc(NC(=O)N2CCC[C@H]2C(N)=O)sc1-c1ccnc(C(C)(C)C(F)(F)F)c1.Cc1nc(NC(=O)Oc2ccccc2)sc1-c1ccnc(C(C)(C)C(F)(F)F)c1.NC(=O)[C@@H]1CCCN1.O=C(Cl)Oc1ccccc1. The van der Waals surface area contributed by atoms with Gasteiger partial charge in [0.1, 0.15) is 39.2 Å². The molecule has 0 unspecified atom stereocenters. The Hall–Kier alpha value is -9.27. The number of primary amides is 2. The van der Waals surface area contributed by atoms with Crippen LogP contribution in [0.15, 0.2) is 134 Å². The van der Waals surface area contributed by atoms with E-state index < -0.39 is 75.9 Å². The van der Waals surface area contributed by atoms with Crippen LogP contribution >= 0.6 is 96.5 Å². The molecule has 0 saturated carbocycles. The van der Waals surface area contributed by atoms with Crippen molar-refractivity contribution in [3.05, 3.63) is 180 Å². The third-order valence-corrected chi connectivity index (χ3v) is 22.7. The summed E-state index contributed by atoms with van der Waals surface area (Å²) in [7, 11) is 0. The first-order valence-corrected chi connectivity index (χ1v) is 41.4. The smallest absolute Gasteiger partial charge is 0.415 e. The third kappa shape index (κ3) is 27.1. The van der Waals surface area contributed by atoms with Crippen LogP contribution in [0.5, 0.6) is 11.5 Å². The van der Waals surface area contributed by atoms with Gasteiger partial charge in [-0.1, -0.05) is 104 Å². The van der Waals surface area contributed by atoms with Gasteiger partial charge in [-0.05, 0) is 215 Å². The molecular formula is C78H87BrClF12IN16O7S4. The highest BCUT2D eigenvalue weighted by atomic mass is 127. The predicted octanol–water partition coefficient (Wildman–Crippen LogP) is 20.9. The fourth-order valence-corrected chi connectivity index (χ4v) is 14.4. The van der Waals surface area contributed by atoms with Gasteiger partial charge in [-0.3, -0.25) is 40.2 Å². The first-order valence-electron chi connectivity index (χ1n) is 35.6. The number of rotatable bonds is 14. The van der Waals surface area contributed by atoms with Crippen LogP contribution in [0.3, 0.4) is 0 Å². The van der Waals surface area contributed by atoms with Crippen molar-refractivity contribution in [2.45, 2.75) is 167 Å². The zero-order valence-corrected chi connectivity index (χ0v) is 74.5. The normalized spacial score (nSPS) is 14.1. The van der Waals surface area contributed by atoms with Crippen molar-refractivity contribution in [2.75, 3.05) is 40.1 Å². The molecule has 120 heavy (non-hydrogen) atoms. The van der Waals surface area contributed by atoms with Crippen LogP contribution in [0.2, 0.25) is 0 Å². The summed E-state index contributed by atoms with van der Waals surface area (Å²) in [6.07, 6.45) is -9.69. The minimum atomic E-state index is -4.45. The van der Waals surface area contributed by atoms with E-state index in [-0.39, 0.29) is 62.0 Å². The molecule has 0 spiro atoms. The van der Waals surface area contributed by atoms with E-state index in [9.17, 15) is 76.7 Å². The van der Waals surface area contributed by atoms with Crippen molar-refractivity contribution in [3.8, 4) is 53.3 Å². The second-order valence-electron chi connectivity index (χ2n) is 28.2. The van der Waals surface area contributed by atoms with Gasteiger partial charge in [-0.15, -0.1) is 17.0 Å². The fraction of sp³-hybridized carbons (Fsp3) is 0.372. The number of halogens is 15. The third-order valence-electron chi connectivity index (χ3n) is 18.3. The number of nitrogens with one attached hydrogen (secondary N) is 3. The number of hydrogen-bond donors (Lipinski definition) is 7. The molecule has 0 bridgehead atoms. The Morgan fingerprint density at radius 2 is 0.800 bits per heavy atom. The molecule has 12 rings (SSSR count). The molecule has 2 aliphatic rings. The summed E-state index contributed by atoms with van der Waals surface area (Å²) in [5, 5.41) is 9.54. The van der Waals surface area contributed by atoms with Crippen LogP contribution in [0, 0.1) is 27.7 Å². The summed E-state index contributed by atoms with van der Waals surface area (Å²) >= 11 is 11.9. The molecule has 2 atom stereocenters. The molecule has 10 aromatic rings. The van der Waals surface area contributed by atoms with Crippen molar-refractivity contribution < 1.29 is 86.1 Å². The molecule has 42 heteroatoms. The maximum Gasteiger partial charge on any atom is 0.418 e. The van der Waals surface area contributed by atoms with Crippen LogP contribution in [-0.4, -0.2) is 129 Å². The molecule has 650 valence electrons. The second kappa shape index (κ2) is 43.0. The number of nitrogen functional groups attached to an aromatic ring is 2. The van der Waals surface area contributed by atoms with E-state index in [2.05, 4.69) is 83.1 Å². The van der Waals surface area contributed by atoms with Gasteiger partial charge in [0.15, 0.2) is 20.5 Å². The minimum absolute atomic E-state index is 0. The highest BCUT2D eigenvalue weighted by Gasteiger charge is 2.53. The maximum absolute atomic E-state index is 13.4. The molecule has 11 N–H and O–H groups in total. The number of para-hydroxylation sites is 2. The van der Waals surface area contributed by atoms with Crippen LogP contribution in [0.25, 0.3) is 41.8 Å². The van der Waals surface area contributed by atoms with Gasteiger partial charge in [0.2, 0.25) is 11.8 Å². The number of pyridine rings is 4. The molecule has 2 fully saturated rings. The predicted molar refractivity (Wildman–Crippen MR) is 458 cm³/mol. The van der Waals surface area contributed by atoms with Crippen molar-refractivity contribution in [2.24, 2.45) is 11.5 Å². The van der Waals surface area contributed by atoms with Crippen LogP contribution in [0.1, 0.15) is 127 Å². The van der Waals surface area contributed by atoms with Crippen molar-refractivity contribution >= 4 is 146 Å². The monoisotopic (exact) mass is 1960 g/mol. The number of amides is 5. The molecule has 23 nitrogen and oxygen atoms in total. The number of thiazole rings is 4. The number of carbonyl (C=O) groups excluding carboxylic acids is 5. The molecule has 2 saturated heterocycles. The quantitative estimate of drug-likeness (QED) is 0.0230. The summed E-state index contributed by atoms with van der Waals surface area (Å²) in [5.41, 5.74) is 17.2. The lowest BCUT2D eigenvalue weighted by molar-refractivity contribution is -0.181. The lowest BCUT2D eigenvalue weighted by Crippen LogP contribution is -2.45. The Balaban J connectivity index is 0.000000266.